The predicted molar refractivity (Wildman–Crippen MR) is 77.0 cm³/mol. The van der Waals surface area contributed by atoms with Gasteiger partial charge >= 0.3 is 11.9 Å². The Hall–Kier alpha value is -2.47. The number of aromatic carboxylic acids is 1. The molecule has 5 nitrogen and oxygen atoms in total. The number of hydrogen-bond donors (Lipinski definition) is 2. The maximum atomic E-state index is 11.3. The van der Waals surface area contributed by atoms with Gasteiger partial charge in [-0.3, -0.25) is 0 Å². The first kappa shape index (κ1) is 14.9. The van der Waals surface area contributed by atoms with Crippen molar-refractivity contribution in [3.05, 3.63) is 53.6 Å². The predicted octanol–water partition coefficient (Wildman–Crippen LogP) is 3.03. The van der Waals surface area contributed by atoms with Gasteiger partial charge < -0.3 is 14.9 Å². The van der Waals surface area contributed by atoms with Crippen LogP contribution in [0.3, 0.4) is 0 Å². The smallest absolute Gasteiger partial charge is 0.339 e. The van der Waals surface area contributed by atoms with Crippen LogP contribution in [-0.4, -0.2) is 29.3 Å². The number of ether oxygens (including phenoxy) is 1. The van der Waals surface area contributed by atoms with Crippen LogP contribution < -0.4 is 0 Å². The van der Waals surface area contributed by atoms with Crippen LogP contribution in [-0.2, 0) is 4.74 Å². The minimum absolute atomic E-state index is 0.147. The van der Waals surface area contributed by atoms with E-state index >= 15 is 0 Å². The first-order chi connectivity index (χ1) is 10.0. The number of aromatic hydroxyl groups is 1. The molecule has 108 valence electrons. The molecule has 0 saturated heterocycles. The van der Waals surface area contributed by atoms with E-state index in [1.54, 1.807) is 30.3 Å². The molecule has 2 N–H and O–H groups in total. The standard InChI is InChI=1S/C15H12O5S/c1-20-15(19)9-2-4-10(5-3-9)21-11-6-7-13(16)12(8-11)14(17)18/h2-8,16H,1H3,(H,17,18). The molecule has 0 radical (unpaired) electrons. The Labute approximate surface area is 125 Å². The highest BCUT2D eigenvalue weighted by molar-refractivity contribution is 7.99. The van der Waals surface area contributed by atoms with Crippen molar-refractivity contribution in [3.63, 3.8) is 0 Å². The van der Waals surface area contributed by atoms with Crippen molar-refractivity contribution in [1.82, 2.24) is 0 Å². The van der Waals surface area contributed by atoms with E-state index in [9.17, 15) is 14.7 Å². The first-order valence-electron chi connectivity index (χ1n) is 5.94. The quantitative estimate of drug-likeness (QED) is 0.845. The van der Waals surface area contributed by atoms with Crippen LogP contribution in [0, 0.1) is 0 Å². The number of hydrogen-bond acceptors (Lipinski definition) is 5. The molecular weight excluding hydrogens is 292 g/mol. The summed E-state index contributed by atoms with van der Waals surface area (Å²) in [7, 11) is 1.31. The highest BCUT2D eigenvalue weighted by atomic mass is 32.2. The Kier molecular flexibility index (Phi) is 4.49. The monoisotopic (exact) mass is 304 g/mol. The maximum Gasteiger partial charge on any atom is 0.339 e. The molecule has 6 heteroatoms. The molecule has 2 aromatic rings. The molecule has 0 unspecified atom stereocenters. The second-order valence-corrected chi connectivity index (χ2v) is 5.25. The Morgan fingerprint density at radius 2 is 1.67 bits per heavy atom. The molecule has 0 atom stereocenters. The number of phenols is 1. The summed E-state index contributed by atoms with van der Waals surface area (Å²) < 4.78 is 4.61. The van der Waals surface area contributed by atoms with Crippen LogP contribution in [0.15, 0.2) is 52.3 Å². The lowest BCUT2D eigenvalue weighted by Gasteiger charge is -2.05. The lowest BCUT2D eigenvalue weighted by Crippen LogP contribution is -2.00. The van der Waals surface area contributed by atoms with Gasteiger partial charge in [0.1, 0.15) is 11.3 Å². The number of carboxylic acids is 1. The Bertz CT molecular complexity index is 679. The molecule has 0 fully saturated rings. The summed E-state index contributed by atoms with van der Waals surface area (Å²) in [6, 6.07) is 11.1. The van der Waals surface area contributed by atoms with Crippen molar-refractivity contribution >= 4 is 23.7 Å². The fourth-order valence-corrected chi connectivity index (χ4v) is 2.52. The molecule has 0 spiro atoms. The van der Waals surface area contributed by atoms with E-state index in [4.69, 9.17) is 5.11 Å². The van der Waals surface area contributed by atoms with Crippen LogP contribution in [0.2, 0.25) is 0 Å². The molecule has 0 aliphatic carbocycles. The maximum absolute atomic E-state index is 11.3. The van der Waals surface area contributed by atoms with Gasteiger partial charge in [-0.15, -0.1) is 0 Å². The molecule has 0 amide bonds. The van der Waals surface area contributed by atoms with E-state index < -0.39 is 11.9 Å². The zero-order valence-electron chi connectivity index (χ0n) is 11.1. The van der Waals surface area contributed by atoms with Crippen LogP contribution >= 0.6 is 11.8 Å². The van der Waals surface area contributed by atoms with E-state index in [0.29, 0.717) is 10.5 Å². The van der Waals surface area contributed by atoms with E-state index in [0.717, 1.165) is 4.90 Å². The highest BCUT2D eigenvalue weighted by Crippen LogP contribution is 2.31. The highest BCUT2D eigenvalue weighted by Gasteiger charge is 2.11. The average molecular weight is 304 g/mol. The summed E-state index contributed by atoms with van der Waals surface area (Å²) in [6.07, 6.45) is 0. The largest absolute Gasteiger partial charge is 0.507 e. The number of esters is 1. The van der Waals surface area contributed by atoms with Crippen LogP contribution in [0.4, 0.5) is 0 Å². The first-order valence-corrected chi connectivity index (χ1v) is 6.75. The minimum atomic E-state index is -1.18. The SMILES string of the molecule is COC(=O)c1ccc(Sc2ccc(O)c(C(=O)O)c2)cc1. The second kappa shape index (κ2) is 6.32. The van der Waals surface area contributed by atoms with Crippen molar-refractivity contribution in [2.24, 2.45) is 0 Å². The normalized spacial score (nSPS) is 10.1. The Morgan fingerprint density at radius 3 is 2.24 bits per heavy atom. The van der Waals surface area contributed by atoms with E-state index in [2.05, 4.69) is 4.74 Å². The number of rotatable bonds is 4. The lowest BCUT2D eigenvalue weighted by molar-refractivity contribution is 0.0599. The van der Waals surface area contributed by atoms with Gasteiger partial charge in [0.05, 0.1) is 12.7 Å². The van der Waals surface area contributed by atoms with E-state index in [1.807, 2.05) is 0 Å². The molecule has 21 heavy (non-hydrogen) atoms. The van der Waals surface area contributed by atoms with E-state index in [1.165, 1.54) is 31.0 Å². The molecule has 0 aliphatic rings. The van der Waals surface area contributed by atoms with Gasteiger partial charge in [0, 0.05) is 9.79 Å². The fraction of sp³-hybridized carbons (Fsp3) is 0.0667. The van der Waals surface area contributed by atoms with Gasteiger partial charge in [0.25, 0.3) is 0 Å². The van der Waals surface area contributed by atoms with Crippen molar-refractivity contribution in [1.29, 1.82) is 0 Å². The average Bonchev–Trinajstić information content (AvgIpc) is 2.49. The summed E-state index contributed by atoms with van der Waals surface area (Å²) in [6.45, 7) is 0. The fourth-order valence-electron chi connectivity index (χ4n) is 1.66. The Morgan fingerprint density at radius 1 is 1.05 bits per heavy atom. The van der Waals surface area contributed by atoms with E-state index in [-0.39, 0.29) is 11.3 Å². The van der Waals surface area contributed by atoms with Gasteiger partial charge in [0.15, 0.2) is 0 Å². The number of carbonyl (C=O) groups excluding carboxylic acids is 1. The van der Waals surface area contributed by atoms with Gasteiger partial charge in [0.2, 0.25) is 0 Å². The topological polar surface area (TPSA) is 83.8 Å². The summed E-state index contributed by atoms with van der Waals surface area (Å²) in [4.78, 5) is 23.8. The second-order valence-electron chi connectivity index (χ2n) is 4.10. The van der Waals surface area contributed by atoms with Crippen molar-refractivity contribution < 1.29 is 24.5 Å². The molecule has 0 heterocycles. The number of benzene rings is 2. The molecule has 0 bridgehead atoms. The third-order valence-electron chi connectivity index (χ3n) is 2.71. The zero-order chi connectivity index (χ0) is 15.4. The van der Waals surface area contributed by atoms with Crippen LogP contribution in [0.1, 0.15) is 20.7 Å². The number of carboxylic acid groups (broad SMARTS) is 1. The van der Waals surface area contributed by atoms with Gasteiger partial charge in [-0.05, 0) is 42.5 Å². The van der Waals surface area contributed by atoms with Crippen molar-refractivity contribution in [2.45, 2.75) is 9.79 Å². The Balaban J connectivity index is 2.20. The van der Waals surface area contributed by atoms with Gasteiger partial charge in [-0.2, -0.15) is 0 Å². The molecular formula is C15H12O5S. The summed E-state index contributed by atoms with van der Waals surface area (Å²) in [5, 5.41) is 18.4. The minimum Gasteiger partial charge on any atom is -0.507 e. The van der Waals surface area contributed by atoms with Crippen molar-refractivity contribution in [3.8, 4) is 5.75 Å². The van der Waals surface area contributed by atoms with Gasteiger partial charge in [-0.1, -0.05) is 11.8 Å². The number of methoxy groups -OCH3 is 1. The van der Waals surface area contributed by atoms with Crippen LogP contribution in [0.25, 0.3) is 0 Å². The third kappa shape index (κ3) is 3.55. The summed E-state index contributed by atoms with van der Waals surface area (Å²) in [5.41, 5.74) is 0.296. The molecule has 0 aliphatic heterocycles. The molecule has 2 aromatic carbocycles. The molecule has 0 aromatic heterocycles. The van der Waals surface area contributed by atoms with Gasteiger partial charge in [-0.25, -0.2) is 9.59 Å². The van der Waals surface area contributed by atoms with Crippen LogP contribution in [0.5, 0.6) is 5.75 Å². The molecule has 0 saturated carbocycles. The van der Waals surface area contributed by atoms with Crippen molar-refractivity contribution in [2.75, 3.05) is 7.11 Å². The number of carbonyl (C=O) groups is 2. The summed E-state index contributed by atoms with van der Waals surface area (Å²) >= 11 is 1.33. The lowest BCUT2D eigenvalue weighted by atomic mass is 10.2. The zero-order valence-corrected chi connectivity index (χ0v) is 11.9. The molecule has 2 rings (SSSR count). The third-order valence-corrected chi connectivity index (χ3v) is 3.71. The summed E-state index contributed by atoms with van der Waals surface area (Å²) in [5.74, 6) is -1.87.